The van der Waals surface area contributed by atoms with E-state index in [0.717, 1.165) is 25.7 Å². The predicted molar refractivity (Wildman–Crippen MR) is 105 cm³/mol. The van der Waals surface area contributed by atoms with E-state index in [4.69, 9.17) is 19.3 Å². The Morgan fingerprint density at radius 3 is 1.23 bits per heavy atom. The molecule has 0 spiro atoms. The number of carbonyl (C=O) groups is 1. The number of hydrogen-bond donors (Lipinski definition) is 1. The highest BCUT2D eigenvalue weighted by molar-refractivity contribution is 5.66. The van der Waals surface area contributed by atoms with Gasteiger partial charge in [-0.25, -0.2) is 0 Å². The molecule has 0 fully saturated rings. The van der Waals surface area contributed by atoms with Crippen LogP contribution in [0.4, 0.5) is 0 Å². The van der Waals surface area contributed by atoms with Crippen molar-refractivity contribution in [2.75, 3.05) is 21.3 Å². The molecule has 156 valence electrons. The van der Waals surface area contributed by atoms with Crippen LogP contribution in [0.1, 0.15) is 103 Å². The van der Waals surface area contributed by atoms with E-state index in [1.54, 1.807) is 21.3 Å². The zero-order chi connectivity index (χ0) is 19.5. The molecule has 0 atom stereocenters. The molecule has 0 aromatic rings. The lowest BCUT2D eigenvalue weighted by Crippen LogP contribution is -2.35. The molecular formula is C21H42O5. The third kappa shape index (κ3) is 14.5. The number of methoxy groups -OCH3 is 3. The summed E-state index contributed by atoms with van der Waals surface area (Å²) in [5.41, 5.74) is 0. The van der Waals surface area contributed by atoms with Crippen molar-refractivity contribution in [1.29, 1.82) is 0 Å². The van der Waals surface area contributed by atoms with Crippen LogP contribution < -0.4 is 0 Å². The minimum absolute atomic E-state index is 0.325. The van der Waals surface area contributed by atoms with Crippen molar-refractivity contribution >= 4 is 5.97 Å². The van der Waals surface area contributed by atoms with Crippen LogP contribution in [0.5, 0.6) is 0 Å². The molecule has 0 unspecified atom stereocenters. The molecule has 0 saturated heterocycles. The molecule has 0 rings (SSSR count). The Balaban J connectivity index is 3.23. The zero-order valence-electron chi connectivity index (χ0n) is 17.4. The van der Waals surface area contributed by atoms with E-state index in [2.05, 4.69) is 0 Å². The number of unbranched alkanes of at least 4 members (excludes halogenated alkanes) is 13. The topological polar surface area (TPSA) is 65.0 Å². The van der Waals surface area contributed by atoms with Gasteiger partial charge in [-0.1, -0.05) is 77.0 Å². The molecule has 0 aliphatic heterocycles. The first kappa shape index (κ1) is 25.4. The van der Waals surface area contributed by atoms with Crippen molar-refractivity contribution in [2.24, 2.45) is 0 Å². The molecule has 0 aliphatic rings. The molecule has 0 heterocycles. The third-order valence-electron chi connectivity index (χ3n) is 5.06. The van der Waals surface area contributed by atoms with Crippen LogP contribution >= 0.6 is 0 Å². The quantitative estimate of drug-likeness (QED) is 0.212. The monoisotopic (exact) mass is 374 g/mol. The number of carboxylic acids is 1. The van der Waals surface area contributed by atoms with Crippen LogP contribution in [0.15, 0.2) is 0 Å². The summed E-state index contributed by atoms with van der Waals surface area (Å²) in [6.45, 7) is 0. The third-order valence-corrected chi connectivity index (χ3v) is 5.06. The summed E-state index contributed by atoms with van der Waals surface area (Å²) in [4.78, 5) is 10.4. The number of hydrogen-bond acceptors (Lipinski definition) is 4. The van der Waals surface area contributed by atoms with Crippen LogP contribution in [0.2, 0.25) is 0 Å². The summed E-state index contributed by atoms with van der Waals surface area (Å²) in [7, 11) is 4.85. The fraction of sp³-hybridized carbons (Fsp3) is 0.952. The summed E-state index contributed by atoms with van der Waals surface area (Å²) >= 11 is 0. The predicted octanol–water partition coefficient (Wildman–Crippen LogP) is 5.91. The Morgan fingerprint density at radius 1 is 0.615 bits per heavy atom. The van der Waals surface area contributed by atoms with E-state index < -0.39 is 11.9 Å². The first-order valence-corrected chi connectivity index (χ1v) is 10.5. The summed E-state index contributed by atoms with van der Waals surface area (Å²) in [5, 5.41) is 8.57. The molecule has 0 saturated carbocycles. The maximum Gasteiger partial charge on any atom is 0.303 e. The average molecular weight is 375 g/mol. The Kier molecular flexibility index (Phi) is 17.3. The largest absolute Gasteiger partial charge is 0.481 e. The minimum atomic E-state index is -0.865. The van der Waals surface area contributed by atoms with Gasteiger partial charge < -0.3 is 19.3 Å². The number of aliphatic carboxylic acids is 1. The van der Waals surface area contributed by atoms with E-state index in [1.165, 1.54) is 70.6 Å². The van der Waals surface area contributed by atoms with Gasteiger partial charge in [0.05, 0.1) is 0 Å². The molecule has 0 aromatic carbocycles. The van der Waals surface area contributed by atoms with Crippen molar-refractivity contribution in [1.82, 2.24) is 0 Å². The van der Waals surface area contributed by atoms with Gasteiger partial charge in [0.15, 0.2) is 0 Å². The van der Waals surface area contributed by atoms with Crippen molar-refractivity contribution in [3.8, 4) is 0 Å². The van der Waals surface area contributed by atoms with Crippen LogP contribution in [0.25, 0.3) is 0 Å². The van der Waals surface area contributed by atoms with Gasteiger partial charge in [0, 0.05) is 34.2 Å². The van der Waals surface area contributed by atoms with Gasteiger partial charge in [0.2, 0.25) is 0 Å². The second kappa shape index (κ2) is 17.7. The number of rotatable bonds is 20. The van der Waals surface area contributed by atoms with Gasteiger partial charge in [-0.15, -0.1) is 0 Å². The number of carboxylic acid groups (broad SMARTS) is 1. The SMILES string of the molecule is COC(CCCCCCCCCCCCCCCCC(=O)O)(OC)OC. The van der Waals surface area contributed by atoms with E-state index in [1.807, 2.05) is 0 Å². The Labute approximate surface area is 160 Å². The molecule has 0 aromatic heterocycles. The fourth-order valence-electron chi connectivity index (χ4n) is 3.30. The molecule has 0 aliphatic carbocycles. The lowest BCUT2D eigenvalue weighted by Gasteiger charge is -2.28. The smallest absolute Gasteiger partial charge is 0.303 e. The van der Waals surface area contributed by atoms with Crippen molar-refractivity contribution in [3.05, 3.63) is 0 Å². The second-order valence-electron chi connectivity index (χ2n) is 7.14. The highest BCUT2D eigenvalue weighted by Gasteiger charge is 2.28. The lowest BCUT2D eigenvalue weighted by atomic mass is 10.0. The van der Waals surface area contributed by atoms with Crippen molar-refractivity contribution in [2.45, 2.75) is 109 Å². The Morgan fingerprint density at radius 2 is 0.923 bits per heavy atom. The lowest BCUT2D eigenvalue weighted by molar-refractivity contribution is -0.355. The van der Waals surface area contributed by atoms with Crippen LogP contribution in [0.3, 0.4) is 0 Å². The zero-order valence-corrected chi connectivity index (χ0v) is 17.4. The number of ether oxygens (including phenoxy) is 3. The second-order valence-corrected chi connectivity index (χ2v) is 7.14. The molecule has 0 radical (unpaired) electrons. The normalized spacial score (nSPS) is 11.8. The minimum Gasteiger partial charge on any atom is -0.481 e. The fourth-order valence-corrected chi connectivity index (χ4v) is 3.30. The summed E-state index contributed by atoms with van der Waals surface area (Å²) in [6, 6.07) is 0. The molecule has 5 nitrogen and oxygen atoms in total. The van der Waals surface area contributed by atoms with E-state index in [9.17, 15) is 4.79 Å². The maximum atomic E-state index is 10.4. The Bertz CT molecular complexity index is 307. The van der Waals surface area contributed by atoms with E-state index in [-0.39, 0.29) is 0 Å². The van der Waals surface area contributed by atoms with Crippen molar-refractivity contribution in [3.63, 3.8) is 0 Å². The van der Waals surface area contributed by atoms with Gasteiger partial charge in [-0.3, -0.25) is 4.79 Å². The summed E-state index contributed by atoms with van der Waals surface area (Å²) < 4.78 is 15.9. The molecule has 5 heteroatoms. The van der Waals surface area contributed by atoms with Crippen LogP contribution in [-0.4, -0.2) is 38.4 Å². The molecule has 26 heavy (non-hydrogen) atoms. The van der Waals surface area contributed by atoms with Gasteiger partial charge in [-0.05, 0) is 12.8 Å². The average Bonchev–Trinajstić information content (AvgIpc) is 2.65. The Hall–Kier alpha value is -0.650. The molecule has 1 N–H and O–H groups in total. The molecule has 0 bridgehead atoms. The first-order valence-electron chi connectivity index (χ1n) is 10.5. The van der Waals surface area contributed by atoms with Crippen LogP contribution in [0, 0.1) is 0 Å². The first-order chi connectivity index (χ1) is 12.6. The standard InChI is InChI=1S/C21H42O5/c1-24-21(25-2,26-3)19-17-15-13-11-9-7-5-4-6-8-10-12-14-16-18-20(22)23/h4-19H2,1-3H3,(H,22,23). The van der Waals surface area contributed by atoms with Gasteiger partial charge in [0.1, 0.15) is 0 Å². The van der Waals surface area contributed by atoms with Gasteiger partial charge in [-0.2, -0.15) is 0 Å². The van der Waals surface area contributed by atoms with Crippen LogP contribution in [-0.2, 0) is 19.0 Å². The molecule has 0 amide bonds. The summed E-state index contributed by atoms with van der Waals surface area (Å²) in [6.07, 6.45) is 18.2. The van der Waals surface area contributed by atoms with Crippen molar-refractivity contribution < 1.29 is 24.1 Å². The van der Waals surface area contributed by atoms with E-state index in [0.29, 0.717) is 6.42 Å². The highest BCUT2D eigenvalue weighted by Crippen LogP contribution is 2.21. The van der Waals surface area contributed by atoms with Gasteiger partial charge in [0.25, 0.3) is 5.97 Å². The highest BCUT2D eigenvalue weighted by atomic mass is 16.9. The summed E-state index contributed by atoms with van der Waals surface area (Å²) in [5.74, 6) is -1.53. The maximum absolute atomic E-state index is 10.4. The van der Waals surface area contributed by atoms with E-state index >= 15 is 0 Å². The van der Waals surface area contributed by atoms with Gasteiger partial charge >= 0.3 is 5.97 Å². The molecular weight excluding hydrogens is 332 g/mol.